The first-order valence-corrected chi connectivity index (χ1v) is 5.20. The maximum atomic E-state index is 11.0. The number of carboxylic acid groups (broad SMARTS) is 1. The SMILES string of the molecule is CC=CCc1cc(OC(C)=O)ccc1C(=O)O. The molecule has 0 heterocycles. The highest BCUT2D eigenvalue weighted by Gasteiger charge is 2.10. The van der Waals surface area contributed by atoms with Crippen molar-refractivity contribution in [3.05, 3.63) is 41.5 Å². The quantitative estimate of drug-likeness (QED) is 0.493. The monoisotopic (exact) mass is 234 g/mol. The highest BCUT2D eigenvalue weighted by molar-refractivity contribution is 5.89. The van der Waals surface area contributed by atoms with Crippen LogP contribution in [0.3, 0.4) is 0 Å². The minimum absolute atomic E-state index is 0.221. The fraction of sp³-hybridized carbons (Fsp3) is 0.231. The summed E-state index contributed by atoms with van der Waals surface area (Å²) in [6.45, 7) is 3.16. The molecule has 1 aromatic rings. The number of rotatable bonds is 4. The van der Waals surface area contributed by atoms with Crippen LogP contribution in [0.1, 0.15) is 29.8 Å². The number of carbonyl (C=O) groups is 2. The summed E-state index contributed by atoms with van der Waals surface area (Å²) < 4.78 is 4.91. The molecule has 1 N–H and O–H groups in total. The molecular formula is C13H14O4. The molecule has 4 heteroatoms. The van der Waals surface area contributed by atoms with E-state index in [0.29, 0.717) is 17.7 Å². The topological polar surface area (TPSA) is 63.6 Å². The van der Waals surface area contributed by atoms with Gasteiger partial charge in [0.15, 0.2) is 0 Å². The Hall–Kier alpha value is -2.10. The Morgan fingerprint density at radius 2 is 2.12 bits per heavy atom. The predicted molar refractivity (Wildman–Crippen MR) is 63.2 cm³/mol. The Balaban J connectivity index is 3.09. The van der Waals surface area contributed by atoms with E-state index in [0.717, 1.165) is 0 Å². The molecule has 0 aliphatic carbocycles. The van der Waals surface area contributed by atoms with Crippen molar-refractivity contribution in [2.45, 2.75) is 20.3 Å². The molecule has 0 saturated carbocycles. The van der Waals surface area contributed by atoms with Crippen molar-refractivity contribution in [2.75, 3.05) is 0 Å². The first kappa shape index (κ1) is 13.0. The molecule has 17 heavy (non-hydrogen) atoms. The normalized spacial score (nSPS) is 10.5. The number of hydrogen-bond acceptors (Lipinski definition) is 3. The van der Waals surface area contributed by atoms with Gasteiger partial charge in [-0.25, -0.2) is 4.79 Å². The zero-order chi connectivity index (χ0) is 12.8. The van der Waals surface area contributed by atoms with Crippen LogP contribution in [-0.2, 0) is 11.2 Å². The Bertz CT molecular complexity index is 460. The van der Waals surface area contributed by atoms with Gasteiger partial charge >= 0.3 is 11.9 Å². The van der Waals surface area contributed by atoms with E-state index in [-0.39, 0.29) is 5.56 Å². The van der Waals surface area contributed by atoms with Crippen molar-refractivity contribution >= 4 is 11.9 Å². The lowest BCUT2D eigenvalue weighted by Crippen LogP contribution is -2.05. The minimum atomic E-state index is -0.987. The van der Waals surface area contributed by atoms with Gasteiger partial charge in [-0.15, -0.1) is 0 Å². The van der Waals surface area contributed by atoms with Gasteiger partial charge < -0.3 is 9.84 Å². The van der Waals surface area contributed by atoms with Crippen LogP contribution in [0.15, 0.2) is 30.4 Å². The van der Waals surface area contributed by atoms with Crippen LogP contribution in [-0.4, -0.2) is 17.0 Å². The first-order chi connectivity index (χ1) is 8.04. The van der Waals surface area contributed by atoms with Gasteiger partial charge in [-0.2, -0.15) is 0 Å². The Labute approximate surface area is 99.5 Å². The molecule has 0 spiro atoms. The molecule has 0 unspecified atom stereocenters. The van der Waals surface area contributed by atoms with Crippen molar-refractivity contribution in [1.82, 2.24) is 0 Å². The molecule has 0 aliphatic rings. The number of esters is 1. The molecule has 0 aromatic heterocycles. The van der Waals surface area contributed by atoms with Crippen LogP contribution in [0, 0.1) is 0 Å². The van der Waals surface area contributed by atoms with Crippen molar-refractivity contribution in [3.63, 3.8) is 0 Å². The highest BCUT2D eigenvalue weighted by atomic mass is 16.5. The summed E-state index contributed by atoms with van der Waals surface area (Å²) in [5.41, 5.74) is 0.841. The van der Waals surface area contributed by atoms with Crippen LogP contribution >= 0.6 is 0 Å². The van der Waals surface area contributed by atoms with Gasteiger partial charge in [0.2, 0.25) is 0 Å². The predicted octanol–water partition coefficient (Wildman–Crippen LogP) is 2.43. The van der Waals surface area contributed by atoms with Crippen molar-refractivity contribution in [1.29, 1.82) is 0 Å². The van der Waals surface area contributed by atoms with Crippen LogP contribution in [0.25, 0.3) is 0 Å². The Morgan fingerprint density at radius 3 is 2.65 bits per heavy atom. The second kappa shape index (κ2) is 5.84. The van der Waals surface area contributed by atoms with E-state index in [4.69, 9.17) is 9.84 Å². The molecule has 1 rings (SSSR count). The standard InChI is InChI=1S/C13H14O4/c1-3-4-5-10-8-11(17-9(2)14)6-7-12(10)13(15)16/h3-4,6-8H,5H2,1-2H3,(H,15,16). The van der Waals surface area contributed by atoms with Gasteiger partial charge in [0.25, 0.3) is 0 Å². The molecule has 0 saturated heterocycles. The van der Waals surface area contributed by atoms with Crippen LogP contribution in [0.4, 0.5) is 0 Å². The molecule has 1 aromatic carbocycles. The van der Waals surface area contributed by atoms with Gasteiger partial charge in [-0.3, -0.25) is 4.79 Å². The largest absolute Gasteiger partial charge is 0.478 e. The van der Waals surface area contributed by atoms with E-state index in [1.807, 2.05) is 19.1 Å². The lowest BCUT2D eigenvalue weighted by molar-refractivity contribution is -0.131. The second-order valence-corrected chi connectivity index (χ2v) is 3.49. The third kappa shape index (κ3) is 3.75. The maximum Gasteiger partial charge on any atom is 0.335 e. The number of benzene rings is 1. The molecule has 0 bridgehead atoms. The van der Waals surface area contributed by atoms with Gasteiger partial charge in [0, 0.05) is 6.92 Å². The fourth-order valence-electron chi connectivity index (χ4n) is 1.42. The second-order valence-electron chi connectivity index (χ2n) is 3.49. The number of allylic oxidation sites excluding steroid dienone is 2. The summed E-state index contributed by atoms with van der Waals surface area (Å²) in [5.74, 6) is -1.05. The van der Waals surface area contributed by atoms with Crippen LogP contribution in [0.2, 0.25) is 0 Å². The number of aromatic carboxylic acids is 1. The van der Waals surface area contributed by atoms with E-state index >= 15 is 0 Å². The van der Waals surface area contributed by atoms with Gasteiger partial charge in [0.05, 0.1) is 5.56 Å². The number of ether oxygens (including phenoxy) is 1. The summed E-state index contributed by atoms with van der Waals surface area (Å²) in [7, 11) is 0. The first-order valence-electron chi connectivity index (χ1n) is 5.20. The van der Waals surface area contributed by atoms with E-state index in [1.54, 1.807) is 6.07 Å². The zero-order valence-corrected chi connectivity index (χ0v) is 9.77. The smallest absolute Gasteiger partial charge is 0.335 e. The molecule has 0 amide bonds. The van der Waals surface area contributed by atoms with Crippen molar-refractivity contribution < 1.29 is 19.4 Å². The third-order valence-electron chi connectivity index (χ3n) is 2.14. The molecule has 4 nitrogen and oxygen atoms in total. The molecule has 0 aliphatic heterocycles. The zero-order valence-electron chi connectivity index (χ0n) is 9.77. The van der Waals surface area contributed by atoms with E-state index in [1.165, 1.54) is 19.1 Å². The Kier molecular flexibility index (Phi) is 4.46. The lowest BCUT2D eigenvalue weighted by Gasteiger charge is -2.07. The molecule has 90 valence electrons. The number of carbonyl (C=O) groups excluding carboxylic acids is 1. The molecule has 0 atom stereocenters. The average Bonchev–Trinajstić information content (AvgIpc) is 2.25. The van der Waals surface area contributed by atoms with E-state index < -0.39 is 11.9 Å². The summed E-state index contributed by atoms with van der Waals surface area (Å²) in [6, 6.07) is 4.49. The minimum Gasteiger partial charge on any atom is -0.478 e. The Morgan fingerprint density at radius 1 is 1.41 bits per heavy atom. The van der Waals surface area contributed by atoms with Crippen LogP contribution < -0.4 is 4.74 Å². The molecular weight excluding hydrogens is 220 g/mol. The van der Waals surface area contributed by atoms with Gasteiger partial charge in [-0.1, -0.05) is 12.2 Å². The van der Waals surface area contributed by atoms with Crippen molar-refractivity contribution in [2.24, 2.45) is 0 Å². The lowest BCUT2D eigenvalue weighted by atomic mass is 10.0. The molecule has 0 radical (unpaired) electrons. The summed E-state index contributed by atoms with van der Waals surface area (Å²) in [6.07, 6.45) is 4.18. The van der Waals surface area contributed by atoms with E-state index in [2.05, 4.69) is 0 Å². The third-order valence-corrected chi connectivity index (χ3v) is 2.14. The van der Waals surface area contributed by atoms with Crippen LogP contribution in [0.5, 0.6) is 5.75 Å². The average molecular weight is 234 g/mol. The summed E-state index contributed by atoms with van der Waals surface area (Å²) in [5, 5.41) is 9.01. The fourth-order valence-corrected chi connectivity index (χ4v) is 1.42. The maximum absolute atomic E-state index is 11.0. The number of carboxylic acids is 1. The van der Waals surface area contributed by atoms with E-state index in [9.17, 15) is 9.59 Å². The van der Waals surface area contributed by atoms with Gasteiger partial charge in [0.1, 0.15) is 5.75 Å². The number of hydrogen-bond donors (Lipinski definition) is 1. The summed E-state index contributed by atoms with van der Waals surface area (Å²) in [4.78, 5) is 21.8. The van der Waals surface area contributed by atoms with Crippen molar-refractivity contribution in [3.8, 4) is 5.75 Å². The van der Waals surface area contributed by atoms with Gasteiger partial charge in [-0.05, 0) is 37.1 Å². The summed E-state index contributed by atoms with van der Waals surface area (Å²) >= 11 is 0. The molecule has 0 fully saturated rings. The highest BCUT2D eigenvalue weighted by Crippen LogP contribution is 2.19.